The van der Waals surface area contributed by atoms with E-state index in [1.165, 1.54) is 77.4 Å². The van der Waals surface area contributed by atoms with Crippen molar-refractivity contribution in [3.63, 3.8) is 0 Å². The molecule has 0 saturated heterocycles. The van der Waals surface area contributed by atoms with Crippen LogP contribution in [0, 0.1) is 0 Å². The highest BCUT2D eigenvalue weighted by Crippen LogP contribution is 2.56. The number of aromatic nitrogens is 1. The molecule has 0 unspecified atom stereocenters. The third kappa shape index (κ3) is 4.60. The summed E-state index contributed by atoms with van der Waals surface area (Å²) in [4.78, 5) is 0. The second-order valence-corrected chi connectivity index (χ2v) is 14.3. The number of hydrogen-bond donors (Lipinski definition) is 0. The van der Waals surface area contributed by atoms with Crippen LogP contribution in [-0.4, -0.2) is 4.57 Å². The van der Waals surface area contributed by atoms with Crippen molar-refractivity contribution >= 4 is 37.7 Å². The first-order valence-electron chi connectivity index (χ1n) is 17.5. The largest absolute Gasteiger partial charge is 0.309 e. The van der Waals surface area contributed by atoms with E-state index in [1.807, 2.05) is 0 Å². The smallest absolute Gasteiger partial charge is 0.0714 e. The monoisotopic (exact) mass is 713 g/mol. The molecule has 1 nitrogen and oxygen atoms in total. The molecule has 0 spiro atoms. The molecule has 10 rings (SSSR count). The molecule has 0 saturated carbocycles. The van der Waals surface area contributed by atoms with Crippen LogP contribution in [0.3, 0.4) is 0 Å². The van der Waals surface area contributed by atoms with Gasteiger partial charge in [-0.15, -0.1) is 0 Å². The number of fused-ring (bicyclic) bond motifs is 6. The summed E-state index contributed by atoms with van der Waals surface area (Å²) in [5, 5.41) is 2.50. The molecule has 240 valence electrons. The second-order valence-electron chi connectivity index (χ2n) is 13.4. The maximum absolute atomic E-state index is 3.65. The molecule has 0 bridgehead atoms. The summed E-state index contributed by atoms with van der Waals surface area (Å²) >= 11 is 3.65. The molecule has 0 aliphatic heterocycles. The lowest BCUT2D eigenvalue weighted by Gasteiger charge is -2.34. The number of rotatable bonds is 5. The van der Waals surface area contributed by atoms with E-state index in [1.54, 1.807) is 0 Å². The van der Waals surface area contributed by atoms with Crippen molar-refractivity contribution in [2.45, 2.75) is 5.41 Å². The van der Waals surface area contributed by atoms with Crippen LogP contribution >= 0.6 is 15.9 Å². The van der Waals surface area contributed by atoms with E-state index in [2.05, 4.69) is 215 Å². The highest BCUT2D eigenvalue weighted by atomic mass is 79.9. The minimum absolute atomic E-state index is 0.449. The van der Waals surface area contributed by atoms with Gasteiger partial charge in [0.15, 0.2) is 0 Å². The molecular formula is C49H32BrN. The van der Waals surface area contributed by atoms with Crippen molar-refractivity contribution < 1.29 is 0 Å². The first-order chi connectivity index (χ1) is 25.2. The quantitative estimate of drug-likeness (QED) is 0.167. The van der Waals surface area contributed by atoms with Gasteiger partial charge in [0.05, 0.1) is 16.4 Å². The molecule has 51 heavy (non-hydrogen) atoms. The van der Waals surface area contributed by atoms with Gasteiger partial charge in [0.2, 0.25) is 0 Å². The summed E-state index contributed by atoms with van der Waals surface area (Å²) in [6.07, 6.45) is 0. The summed E-state index contributed by atoms with van der Waals surface area (Å²) in [7, 11) is 0. The van der Waals surface area contributed by atoms with Crippen LogP contribution in [0.4, 0.5) is 0 Å². The van der Waals surface area contributed by atoms with Gasteiger partial charge in [-0.25, -0.2) is 0 Å². The SMILES string of the molecule is Brc1cccc(-c2cccc(-c3ccc4c(c3)c3ccccc3n4-c3ccc4c(c3)C(c3ccccc3)(c3ccccc3)c3ccccc3-4)c2)c1. The highest BCUT2D eigenvalue weighted by molar-refractivity contribution is 9.10. The van der Waals surface area contributed by atoms with Gasteiger partial charge < -0.3 is 4.57 Å². The predicted molar refractivity (Wildman–Crippen MR) is 217 cm³/mol. The molecule has 2 heteroatoms. The fraction of sp³-hybridized carbons (Fsp3) is 0.0204. The normalized spacial score (nSPS) is 13.0. The van der Waals surface area contributed by atoms with Gasteiger partial charge >= 0.3 is 0 Å². The van der Waals surface area contributed by atoms with Crippen molar-refractivity contribution in [2.24, 2.45) is 0 Å². The third-order valence-corrected chi connectivity index (χ3v) is 11.2. The fourth-order valence-corrected chi connectivity index (χ4v) is 8.95. The van der Waals surface area contributed by atoms with E-state index in [0.29, 0.717) is 0 Å². The molecular weight excluding hydrogens is 682 g/mol. The fourth-order valence-electron chi connectivity index (χ4n) is 8.55. The molecule has 1 heterocycles. The Morgan fingerprint density at radius 2 is 0.961 bits per heavy atom. The molecule has 1 aromatic heterocycles. The van der Waals surface area contributed by atoms with Gasteiger partial charge in [0, 0.05) is 20.9 Å². The van der Waals surface area contributed by atoms with Gasteiger partial charge in [0.1, 0.15) is 0 Å². The minimum atomic E-state index is -0.449. The predicted octanol–water partition coefficient (Wildman–Crippen LogP) is 13.2. The Kier molecular flexibility index (Phi) is 6.94. The lowest BCUT2D eigenvalue weighted by Crippen LogP contribution is -2.28. The van der Waals surface area contributed by atoms with E-state index < -0.39 is 5.41 Å². The molecule has 0 N–H and O–H groups in total. The zero-order valence-electron chi connectivity index (χ0n) is 27.8. The van der Waals surface area contributed by atoms with E-state index in [4.69, 9.17) is 0 Å². The third-order valence-electron chi connectivity index (χ3n) is 10.7. The Hall–Kier alpha value is -5.96. The molecule has 0 fully saturated rings. The van der Waals surface area contributed by atoms with Crippen LogP contribution in [0.25, 0.3) is 60.9 Å². The first-order valence-corrected chi connectivity index (χ1v) is 18.2. The summed E-state index contributed by atoms with van der Waals surface area (Å²) in [5.74, 6) is 0. The van der Waals surface area contributed by atoms with Crippen molar-refractivity contribution in [1.29, 1.82) is 0 Å². The van der Waals surface area contributed by atoms with Crippen molar-refractivity contribution in [3.05, 3.63) is 221 Å². The average molecular weight is 715 g/mol. The summed E-state index contributed by atoms with van der Waals surface area (Å²) < 4.78 is 3.54. The van der Waals surface area contributed by atoms with Crippen molar-refractivity contribution in [2.75, 3.05) is 0 Å². The molecule has 0 amide bonds. The first kappa shape index (κ1) is 29.9. The summed E-state index contributed by atoms with van der Waals surface area (Å²) in [6.45, 7) is 0. The van der Waals surface area contributed by atoms with Crippen LogP contribution < -0.4 is 0 Å². The Bertz CT molecular complexity index is 2720. The van der Waals surface area contributed by atoms with E-state index in [0.717, 1.165) is 10.2 Å². The van der Waals surface area contributed by atoms with Gasteiger partial charge in [-0.1, -0.05) is 162 Å². The molecule has 1 aliphatic rings. The summed E-state index contributed by atoms with van der Waals surface area (Å²) in [5.41, 5.74) is 15.7. The maximum Gasteiger partial charge on any atom is 0.0714 e. The standard InChI is InChI=1S/C49H32BrN/c50-39-20-12-15-35(30-39)33-13-11-14-34(29-33)36-25-28-48-44(31-36)43-22-8-10-24-47(43)51(48)40-26-27-42-41-21-7-9-23-45(41)49(46(42)32-40,37-16-3-1-4-17-37)38-18-5-2-6-19-38/h1-32H. The molecule has 1 aliphatic carbocycles. The Labute approximate surface area is 306 Å². The number of para-hydroxylation sites is 1. The zero-order valence-corrected chi connectivity index (χ0v) is 29.4. The van der Waals surface area contributed by atoms with Gasteiger partial charge in [-0.05, 0) is 104 Å². The Morgan fingerprint density at radius 3 is 1.71 bits per heavy atom. The Morgan fingerprint density at radius 1 is 0.373 bits per heavy atom. The number of benzene rings is 8. The van der Waals surface area contributed by atoms with Crippen LogP contribution in [-0.2, 0) is 5.41 Å². The molecule has 0 atom stereocenters. The van der Waals surface area contributed by atoms with Gasteiger partial charge in [0.25, 0.3) is 0 Å². The molecule has 8 aromatic carbocycles. The van der Waals surface area contributed by atoms with E-state index in [-0.39, 0.29) is 0 Å². The van der Waals surface area contributed by atoms with Crippen LogP contribution in [0.1, 0.15) is 22.3 Å². The van der Waals surface area contributed by atoms with Crippen LogP contribution in [0.5, 0.6) is 0 Å². The van der Waals surface area contributed by atoms with Gasteiger partial charge in [-0.3, -0.25) is 0 Å². The number of hydrogen-bond acceptors (Lipinski definition) is 0. The molecule has 0 radical (unpaired) electrons. The highest BCUT2D eigenvalue weighted by Gasteiger charge is 2.46. The van der Waals surface area contributed by atoms with Crippen molar-refractivity contribution in [1.82, 2.24) is 4.57 Å². The number of halogens is 1. The van der Waals surface area contributed by atoms with Crippen molar-refractivity contribution in [3.8, 4) is 39.1 Å². The lowest BCUT2D eigenvalue weighted by atomic mass is 9.67. The minimum Gasteiger partial charge on any atom is -0.309 e. The lowest BCUT2D eigenvalue weighted by molar-refractivity contribution is 0.767. The topological polar surface area (TPSA) is 4.93 Å². The second kappa shape index (κ2) is 11.8. The molecule has 9 aromatic rings. The van der Waals surface area contributed by atoms with E-state index in [9.17, 15) is 0 Å². The average Bonchev–Trinajstić information content (AvgIpc) is 3.69. The zero-order chi connectivity index (χ0) is 33.9. The van der Waals surface area contributed by atoms with E-state index >= 15 is 0 Å². The Balaban J connectivity index is 1.19. The van der Waals surface area contributed by atoms with Crippen LogP contribution in [0.2, 0.25) is 0 Å². The van der Waals surface area contributed by atoms with Crippen LogP contribution in [0.15, 0.2) is 199 Å². The van der Waals surface area contributed by atoms with Gasteiger partial charge in [-0.2, -0.15) is 0 Å². The maximum atomic E-state index is 3.65. The summed E-state index contributed by atoms with van der Waals surface area (Å²) in [6, 6.07) is 71.3. The number of nitrogens with zero attached hydrogens (tertiary/aromatic N) is 1.